The Labute approximate surface area is 146 Å². The average Bonchev–Trinajstić information content (AvgIpc) is 2.76. The minimum absolute atomic E-state index is 0.00108. The van der Waals surface area contributed by atoms with Crippen LogP contribution in [-0.2, 0) is 16.1 Å². The molecule has 1 aliphatic heterocycles. The monoisotopic (exact) mass is 342 g/mol. The van der Waals surface area contributed by atoms with Crippen LogP contribution < -0.4 is 15.1 Å². The van der Waals surface area contributed by atoms with E-state index in [0.29, 0.717) is 13.2 Å². The molecule has 25 heavy (non-hydrogen) atoms. The number of carbonyl (C=O) groups excluding carboxylic acids is 1. The first kappa shape index (κ1) is 17.1. The van der Waals surface area contributed by atoms with E-state index >= 15 is 0 Å². The Bertz CT molecular complexity index is 724. The van der Waals surface area contributed by atoms with Crippen LogP contribution in [0.25, 0.3) is 0 Å². The van der Waals surface area contributed by atoms with Gasteiger partial charge in [-0.15, -0.1) is 0 Å². The van der Waals surface area contributed by atoms with Crippen LogP contribution in [0.5, 0.6) is 0 Å². The Hall–Kier alpha value is -2.74. The fourth-order valence-corrected chi connectivity index (χ4v) is 2.81. The topological polar surface area (TPSA) is 83.5 Å². The van der Waals surface area contributed by atoms with Crippen LogP contribution in [-0.4, -0.2) is 54.7 Å². The number of nitrogens with one attached hydrogen (secondary N) is 1. The van der Waals surface area contributed by atoms with Crippen LogP contribution in [0, 0.1) is 0 Å². The molecule has 8 nitrogen and oxygen atoms in total. The number of likely N-dealkylation sites (N-methyl/N-ethyl adjacent to an activating group) is 1. The molecule has 1 amide bonds. The van der Waals surface area contributed by atoms with E-state index in [1.165, 1.54) is 6.33 Å². The molecule has 0 fully saturated rings. The predicted octanol–water partition coefficient (Wildman–Crippen LogP) is 1.30. The number of anilines is 3. The van der Waals surface area contributed by atoms with E-state index in [0.717, 1.165) is 35.9 Å². The molecule has 0 aromatic carbocycles. The fraction of sp³-hybridized carbons (Fsp3) is 0.412. The summed E-state index contributed by atoms with van der Waals surface area (Å²) in [5.41, 5.74) is 1.67. The summed E-state index contributed by atoms with van der Waals surface area (Å²) in [4.78, 5) is 29.1. The molecule has 1 N–H and O–H groups in total. The van der Waals surface area contributed by atoms with Crippen molar-refractivity contribution in [3.8, 4) is 0 Å². The van der Waals surface area contributed by atoms with Crippen molar-refractivity contribution in [2.24, 2.45) is 0 Å². The van der Waals surface area contributed by atoms with Crippen LogP contribution in [0.4, 0.5) is 17.3 Å². The summed E-state index contributed by atoms with van der Waals surface area (Å²) in [6.07, 6.45) is 5.78. The number of fused-ring (bicyclic) bond motifs is 1. The first-order valence-corrected chi connectivity index (χ1v) is 8.19. The Morgan fingerprint density at radius 2 is 2.20 bits per heavy atom. The summed E-state index contributed by atoms with van der Waals surface area (Å²) < 4.78 is 5.08. The van der Waals surface area contributed by atoms with Crippen molar-refractivity contribution in [3.63, 3.8) is 0 Å². The second-order valence-electron chi connectivity index (χ2n) is 5.84. The smallest absolute Gasteiger partial charge is 0.246 e. The third kappa shape index (κ3) is 3.85. The number of hydrogen-bond acceptors (Lipinski definition) is 7. The molecule has 0 radical (unpaired) electrons. The Kier molecular flexibility index (Phi) is 5.39. The normalized spacial score (nSPS) is 14.2. The van der Waals surface area contributed by atoms with Crippen LogP contribution in [0.1, 0.15) is 12.0 Å². The highest BCUT2D eigenvalue weighted by molar-refractivity contribution is 5.97. The lowest BCUT2D eigenvalue weighted by Gasteiger charge is -2.21. The third-order valence-corrected chi connectivity index (χ3v) is 4.05. The molecule has 132 valence electrons. The molecule has 0 aliphatic carbocycles. The predicted molar refractivity (Wildman–Crippen MR) is 95.7 cm³/mol. The van der Waals surface area contributed by atoms with Crippen molar-refractivity contribution >= 4 is 23.2 Å². The van der Waals surface area contributed by atoms with Crippen molar-refractivity contribution in [1.82, 2.24) is 15.0 Å². The molecular weight excluding hydrogens is 320 g/mol. The number of nitrogens with zero attached hydrogens (tertiary/aromatic N) is 5. The van der Waals surface area contributed by atoms with E-state index in [9.17, 15) is 4.79 Å². The van der Waals surface area contributed by atoms with Crippen LogP contribution >= 0.6 is 0 Å². The molecule has 3 heterocycles. The average molecular weight is 342 g/mol. The number of hydrogen-bond donors (Lipinski definition) is 1. The SMILES string of the molecule is COCCCNc1ncnc2c1CN(c1cccnc1)C(=O)CN2C. The molecular formula is C17H22N6O2. The van der Waals surface area contributed by atoms with E-state index in [1.54, 1.807) is 24.4 Å². The minimum Gasteiger partial charge on any atom is -0.385 e. The second-order valence-corrected chi connectivity index (χ2v) is 5.84. The van der Waals surface area contributed by atoms with E-state index in [-0.39, 0.29) is 12.5 Å². The second kappa shape index (κ2) is 7.89. The molecule has 8 heteroatoms. The number of amides is 1. The molecule has 1 aliphatic rings. The zero-order chi connectivity index (χ0) is 17.6. The molecule has 0 spiro atoms. The number of pyridine rings is 1. The van der Waals surface area contributed by atoms with Crippen LogP contribution in [0.15, 0.2) is 30.9 Å². The maximum Gasteiger partial charge on any atom is 0.246 e. The van der Waals surface area contributed by atoms with Crippen molar-refractivity contribution in [1.29, 1.82) is 0 Å². The van der Waals surface area contributed by atoms with Crippen LogP contribution in [0.2, 0.25) is 0 Å². The summed E-state index contributed by atoms with van der Waals surface area (Å²) in [5.74, 6) is 1.51. The molecule has 0 unspecified atom stereocenters. The largest absolute Gasteiger partial charge is 0.385 e. The van der Waals surface area contributed by atoms with E-state index in [4.69, 9.17) is 4.74 Å². The Morgan fingerprint density at radius 3 is 2.96 bits per heavy atom. The van der Waals surface area contributed by atoms with Gasteiger partial charge in [-0.3, -0.25) is 9.78 Å². The van der Waals surface area contributed by atoms with Crippen LogP contribution in [0.3, 0.4) is 0 Å². The highest BCUT2D eigenvalue weighted by Gasteiger charge is 2.28. The van der Waals surface area contributed by atoms with Gasteiger partial charge in [-0.05, 0) is 18.6 Å². The van der Waals surface area contributed by atoms with Gasteiger partial charge in [-0.2, -0.15) is 0 Å². The van der Waals surface area contributed by atoms with E-state index < -0.39 is 0 Å². The Morgan fingerprint density at radius 1 is 1.32 bits per heavy atom. The van der Waals surface area contributed by atoms with E-state index in [1.807, 2.05) is 24.1 Å². The number of ether oxygens (including phenoxy) is 1. The van der Waals surface area contributed by atoms with Crippen molar-refractivity contribution in [3.05, 3.63) is 36.4 Å². The van der Waals surface area contributed by atoms with Gasteiger partial charge in [-0.25, -0.2) is 9.97 Å². The number of methoxy groups -OCH3 is 1. The fourth-order valence-electron chi connectivity index (χ4n) is 2.81. The van der Waals surface area contributed by atoms with Crippen molar-refractivity contribution < 1.29 is 9.53 Å². The molecule has 2 aromatic heterocycles. The number of carbonyl (C=O) groups is 1. The lowest BCUT2D eigenvalue weighted by atomic mass is 10.2. The van der Waals surface area contributed by atoms with Gasteiger partial charge >= 0.3 is 0 Å². The first-order valence-electron chi connectivity index (χ1n) is 8.19. The lowest BCUT2D eigenvalue weighted by Crippen LogP contribution is -2.35. The van der Waals surface area contributed by atoms with Crippen molar-refractivity contribution in [2.45, 2.75) is 13.0 Å². The van der Waals surface area contributed by atoms with Crippen molar-refractivity contribution in [2.75, 3.05) is 49.0 Å². The molecule has 2 aromatic rings. The number of aromatic nitrogens is 3. The quantitative estimate of drug-likeness (QED) is 0.792. The molecule has 3 rings (SSSR count). The first-order chi connectivity index (χ1) is 12.2. The zero-order valence-electron chi connectivity index (χ0n) is 14.5. The van der Waals surface area contributed by atoms with Gasteiger partial charge in [0.2, 0.25) is 5.91 Å². The summed E-state index contributed by atoms with van der Waals surface area (Å²) in [7, 11) is 3.55. The zero-order valence-corrected chi connectivity index (χ0v) is 14.5. The lowest BCUT2D eigenvalue weighted by molar-refractivity contribution is -0.117. The number of rotatable bonds is 6. The third-order valence-electron chi connectivity index (χ3n) is 4.05. The molecule has 0 saturated heterocycles. The molecule has 0 atom stereocenters. The van der Waals surface area contributed by atoms with Gasteiger partial charge in [-0.1, -0.05) is 0 Å². The maximum absolute atomic E-state index is 12.7. The van der Waals surface area contributed by atoms with Gasteiger partial charge in [0.15, 0.2) is 0 Å². The maximum atomic E-state index is 12.7. The summed E-state index contributed by atoms with van der Waals surface area (Å²) >= 11 is 0. The van der Waals surface area contributed by atoms with Gasteiger partial charge in [0.25, 0.3) is 0 Å². The highest BCUT2D eigenvalue weighted by atomic mass is 16.5. The summed E-state index contributed by atoms with van der Waals surface area (Å²) in [5, 5.41) is 3.33. The Balaban J connectivity index is 1.90. The van der Waals surface area contributed by atoms with E-state index in [2.05, 4.69) is 20.3 Å². The van der Waals surface area contributed by atoms with Gasteiger partial charge < -0.3 is 19.9 Å². The van der Waals surface area contributed by atoms with Gasteiger partial charge in [0, 0.05) is 33.5 Å². The minimum atomic E-state index is -0.00108. The van der Waals surface area contributed by atoms with Gasteiger partial charge in [0.1, 0.15) is 18.0 Å². The van der Waals surface area contributed by atoms with Gasteiger partial charge in [0.05, 0.1) is 30.5 Å². The summed E-state index contributed by atoms with van der Waals surface area (Å²) in [6, 6.07) is 3.70. The molecule has 0 bridgehead atoms. The highest BCUT2D eigenvalue weighted by Crippen LogP contribution is 2.29. The summed E-state index contributed by atoms with van der Waals surface area (Å²) in [6.45, 7) is 2.07. The molecule has 0 saturated carbocycles. The standard InChI is InChI=1S/C17H22N6O2/c1-22-11-15(24)23(13-5-3-6-18-9-13)10-14-16(19-7-4-8-25-2)20-12-21-17(14)22/h3,5-6,9,12H,4,7-8,10-11H2,1-2H3,(H,19,20,21).